The highest BCUT2D eigenvalue weighted by molar-refractivity contribution is 5.76. The molecule has 1 heterocycles. The number of hydrogen-bond donors (Lipinski definition) is 1. The van der Waals surface area contributed by atoms with E-state index in [1.54, 1.807) is 13.8 Å². The zero-order valence-corrected chi connectivity index (χ0v) is 20.0. The molecule has 1 aromatic heterocycles. The molecular weight excluding hydrogens is 416 g/mol. The van der Waals surface area contributed by atoms with Crippen LogP contribution in [0.25, 0.3) is 11.1 Å². The minimum Gasteiger partial charge on any atom is -0.478 e. The van der Waals surface area contributed by atoms with Gasteiger partial charge >= 0.3 is 5.97 Å². The molecule has 0 unspecified atom stereocenters. The van der Waals surface area contributed by atoms with E-state index in [2.05, 4.69) is 11.8 Å². The molecule has 0 atom stereocenters. The Morgan fingerprint density at radius 2 is 1.70 bits per heavy atom. The Morgan fingerprint density at radius 1 is 1.00 bits per heavy atom. The van der Waals surface area contributed by atoms with Gasteiger partial charge in [-0.25, -0.2) is 4.79 Å². The number of rotatable bonds is 14. The zero-order chi connectivity index (χ0) is 23.7. The second kappa shape index (κ2) is 11.7. The molecule has 6 nitrogen and oxygen atoms in total. The Morgan fingerprint density at radius 3 is 2.39 bits per heavy atom. The molecule has 178 valence electrons. The number of carboxylic acid groups (broad SMARTS) is 1. The number of oxazole rings is 1. The maximum absolute atomic E-state index is 11.3. The maximum atomic E-state index is 11.3. The lowest BCUT2D eigenvalue weighted by atomic mass is 10.1. The molecule has 0 radical (unpaired) electrons. The lowest BCUT2D eigenvalue weighted by molar-refractivity contribution is -0.152. The van der Waals surface area contributed by atoms with E-state index in [4.69, 9.17) is 14.1 Å². The summed E-state index contributed by atoms with van der Waals surface area (Å²) in [6.45, 7) is 7.03. The minimum absolute atomic E-state index is 0.550. The van der Waals surface area contributed by atoms with Crippen molar-refractivity contribution >= 4 is 23.1 Å². The summed E-state index contributed by atoms with van der Waals surface area (Å²) in [5.41, 5.74) is 1.58. The van der Waals surface area contributed by atoms with Gasteiger partial charge in [0.15, 0.2) is 11.2 Å². The van der Waals surface area contributed by atoms with Crippen molar-refractivity contribution in [2.75, 3.05) is 18.0 Å². The zero-order valence-electron chi connectivity index (χ0n) is 20.0. The molecule has 1 N–H and O–H groups in total. The van der Waals surface area contributed by atoms with Crippen molar-refractivity contribution in [2.45, 2.75) is 71.3 Å². The van der Waals surface area contributed by atoms with Crippen LogP contribution in [0, 0.1) is 0 Å². The van der Waals surface area contributed by atoms with Crippen LogP contribution in [0.5, 0.6) is 5.75 Å². The van der Waals surface area contributed by atoms with Crippen molar-refractivity contribution in [1.82, 2.24) is 4.98 Å². The fourth-order valence-electron chi connectivity index (χ4n) is 3.71. The van der Waals surface area contributed by atoms with Gasteiger partial charge in [0.25, 0.3) is 6.01 Å². The fourth-order valence-corrected chi connectivity index (χ4v) is 3.71. The number of aromatic nitrogens is 1. The molecule has 0 bridgehead atoms. The topological polar surface area (TPSA) is 75.8 Å². The highest BCUT2D eigenvalue weighted by Gasteiger charge is 2.29. The Balaban J connectivity index is 1.62. The third-order valence-electron chi connectivity index (χ3n) is 5.82. The van der Waals surface area contributed by atoms with Crippen molar-refractivity contribution in [3.8, 4) is 5.75 Å². The first kappa shape index (κ1) is 24.6. The van der Waals surface area contributed by atoms with Crippen LogP contribution in [0.2, 0.25) is 0 Å². The second-order valence-electron chi connectivity index (χ2n) is 9.03. The van der Waals surface area contributed by atoms with Gasteiger partial charge in [-0.15, -0.1) is 0 Å². The standard InChI is InChI=1S/C27H36N2O4/c1-4-5-6-7-8-11-19-29(26-28-23-12-9-10-13-24(23)32-26)20-18-21-14-16-22(17-15-21)33-27(2,3)25(30)31/h9-10,12-17H,4-8,11,18-20H2,1-3H3,(H,30,31). The average molecular weight is 453 g/mol. The van der Waals surface area contributed by atoms with Gasteiger partial charge in [0.05, 0.1) is 0 Å². The smallest absolute Gasteiger partial charge is 0.347 e. The Bertz CT molecular complexity index is 977. The molecule has 3 aromatic rings. The highest BCUT2D eigenvalue weighted by atomic mass is 16.5. The molecule has 0 aliphatic rings. The van der Waals surface area contributed by atoms with E-state index >= 15 is 0 Å². The Labute approximate surface area is 196 Å². The minimum atomic E-state index is -1.26. The molecule has 0 fully saturated rings. The normalized spacial score (nSPS) is 11.6. The average Bonchev–Trinajstić information content (AvgIpc) is 3.23. The number of carbonyl (C=O) groups is 1. The van der Waals surface area contributed by atoms with Gasteiger partial charge in [-0.1, -0.05) is 63.3 Å². The van der Waals surface area contributed by atoms with Gasteiger partial charge in [0.1, 0.15) is 11.3 Å². The van der Waals surface area contributed by atoms with Crippen LogP contribution in [0.1, 0.15) is 64.9 Å². The molecule has 0 aliphatic heterocycles. The molecule has 2 aromatic carbocycles. The first-order valence-corrected chi connectivity index (χ1v) is 12.0. The molecular formula is C27H36N2O4. The monoisotopic (exact) mass is 452 g/mol. The van der Waals surface area contributed by atoms with Crippen LogP contribution in [-0.2, 0) is 11.2 Å². The van der Waals surface area contributed by atoms with E-state index in [0.29, 0.717) is 11.8 Å². The van der Waals surface area contributed by atoms with Crippen LogP contribution in [0.15, 0.2) is 52.9 Å². The van der Waals surface area contributed by atoms with Gasteiger partial charge in [0, 0.05) is 13.1 Å². The lowest BCUT2D eigenvalue weighted by Gasteiger charge is -2.22. The molecule has 0 amide bonds. The van der Waals surface area contributed by atoms with E-state index in [1.807, 2.05) is 48.5 Å². The van der Waals surface area contributed by atoms with E-state index in [-0.39, 0.29) is 0 Å². The summed E-state index contributed by atoms with van der Waals surface area (Å²) in [6.07, 6.45) is 8.28. The van der Waals surface area contributed by atoms with Gasteiger partial charge in [-0.05, 0) is 56.5 Å². The first-order chi connectivity index (χ1) is 15.9. The van der Waals surface area contributed by atoms with Crippen molar-refractivity contribution in [3.63, 3.8) is 0 Å². The van der Waals surface area contributed by atoms with E-state index in [0.717, 1.165) is 42.6 Å². The lowest BCUT2D eigenvalue weighted by Crippen LogP contribution is -2.37. The quantitative estimate of drug-likeness (QED) is 0.282. The number of ether oxygens (including phenoxy) is 1. The van der Waals surface area contributed by atoms with Crippen LogP contribution in [-0.4, -0.2) is 34.8 Å². The predicted octanol–water partition coefficient (Wildman–Crippen LogP) is 6.48. The number of carboxylic acids is 1. The fraction of sp³-hybridized carbons (Fsp3) is 0.481. The number of aliphatic carboxylic acids is 1. The molecule has 0 saturated carbocycles. The first-order valence-electron chi connectivity index (χ1n) is 12.0. The SMILES string of the molecule is CCCCCCCCN(CCc1ccc(OC(C)(C)C(=O)O)cc1)c1nc2ccccc2o1. The van der Waals surface area contributed by atoms with Crippen LogP contribution < -0.4 is 9.64 Å². The third kappa shape index (κ3) is 7.24. The van der Waals surface area contributed by atoms with Crippen molar-refractivity contribution in [2.24, 2.45) is 0 Å². The predicted molar refractivity (Wildman–Crippen MR) is 132 cm³/mol. The summed E-state index contributed by atoms with van der Waals surface area (Å²) < 4.78 is 11.7. The van der Waals surface area contributed by atoms with Crippen LogP contribution in [0.3, 0.4) is 0 Å². The number of hydrogen-bond acceptors (Lipinski definition) is 5. The summed E-state index contributed by atoms with van der Waals surface area (Å²) in [5.74, 6) is -0.440. The van der Waals surface area contributed by atoms with Crippen molar-refractivity contribution in [3.05, 3.63) is 54.1 Å². The Kier molecular flexibility index (Phi) is 8.75. The Hall–Kier alpha value is -3.02. The third-order valence-corrected chi connectivity index (χ3v) is 5.82. The van der Waals surface area contributed by atoms with Gasteiger partial charge in [-0.3, -0.25) is 0 Å². The van der Waals surface area contributed by atoms with Crippen LogP contribution in [0.4, 0.5) is 6.01 Å². The molecule has 0 aliphatic carbocycles. The number of benzene rings is 2. The van der Waals surface area contributed by atoms with Gasteiger partial charge in [-0.2, -0.15) is 4.98 Å². The number of anilines is 1. The van der Waals surface area contributed by atoms with Crippen LogP contribution >= 0.6 is 0 Å². The molecule has 3 rings (SSSR count). The maximum Gasteiger partial charge on any atom is 0.347 e. The molecule has 0 saturated heterocycles. The molecule has 33 heavy (non-hydrogen) atoms. The summed E-state index contributed by atoms with van der Waals surface area (Å²) in [4.78, 5) is 18.2. The molecule has 6 heteroatoms. The number of fused-ring (bicyclic) bond motifs is 1. The van der Waals surface area contributed by atoms with E-state index in [9.17, 15) is 9.90 Å². The van der Waals surface area contributed by atoms with E-state index in [1.165, 1.54) is 32.1 Å². The summed E-state index contributed by atoms with van der Waals surface area (Å²) in [6, 6.07) is 16.2. The van der Waals surface area contributed by atoms with Crippen molar-refractivity contribution < 1.29 is 19.1 Å². The molecule has 0 spiro atoms. The summed E-state index contributed by atoms with van der Waals surface area (Å²) in [7, 11) is 0. The number of nitrogens with zero attached hydrogens (tertiary/aromatic N) is 2. The summed E-state index contributed by atoms with van der Waals surface area (Å²) >= 11 is 0. The highest BCUT2D eigenvalue weighted by Crippen LogP contribution is 2.24. The number of para-hydroxylation sites is 2. The van der Waals surface area contributed by atoms with Crippen molar-refractivity contribution in [1.29, 1.82) is 0 Å². The van der Waals surface area contributed by atoms with Gasteiger partial charge < -0.3 is 19.2 Å². The summed E-state index contributed by atoms with van der Waals surface area (Å²) in [5, 5.41) is 9.25. The second-order valence-corrected chi connectivity index (χ2v) is 9.03. The van der Waals surface area contributed by atoms with Gasteiger partial charge in [0.2, 0.25) is 0 Å². The number of unbranched alkanes of at least 4 members (excludes halogenated alkanes) is 5. The van der Waals surface area contributed by atoms with E-state index < -0.39 is 11.6 Å². The largest absolute Gasteiger partial charge is 0.478 e.